The lowest BCUT2D eigenvalue weighted by Gasteiger charge is -2.27. The van der Waals surface area contributed by atoms with Crippen molar-refractivity contribution in [1.82, 2.24) is 4.90 Å². The molecule has 2 saturated heterocycles. The van der Waals surface area contributed by atoms with Gasteiger partial charge in [0.25, 0.3) is 0 Å². The Morgan fingerprint density at radius 2 is 2.00 bits per heavy atom. The normalized spacial score (nSPS) is 30.2. The molecule has 2 aliphatic heterocycles. The van der Waals surface area contributed by atoms with E-state index >= 15 is 0 Å². The van der Waals surface area contributed by atoms with E-state index in [4.69, 9.17) is 14.2 Å². The zero-order valence-corrected chi connectivity index (χ0v) is 13.5. The summed E-state index contributed by atoms with van der Waals surface area (Å²) in [4.78, 5) is 14.2. The van der Waals surface area contributed by atoms with Gasteiger partial charge in [-0.05, 0) is 17.7 Å². The number of β-amino-alcohol motifs (C(OH)–C–C–N with tert-alkyl or cyclic N) is 1. The minimum atomic E-state index is -0.723. The molecule has 0 amide bonds. The van der Waals surface area contributed by atoms with Crippen LogP contribution >= 0.6 is 0 Å². The van der Waals surface area contributed by atoms with Crippen molar-refractivity contribution in [3.8, 4) is 5.75 Å². The van der Waals surface area contributed by atoms with Crippen LogP contribution in [-0.2, 0) is 20.9 Å². The highest BCUT2D eigenvalue weighted by Gasteiger charge is 2.57. The number of aliphatic hydroxyl groups excluding tert-OH is 1. The molecule has 6 nitrogen and oxygen atoms in total. The van der Waals surface area contributed by atoms with Crippen LogP contribution in [0.1, 0.15) is 18.4 Å². The largest absolute Gasteiger partial charge is 0.497 e. The van der Waals surface area contributed by atoms with Crippen LogP contribution in [0, 0.1) is 0 Å². The molecule has 126 valence electrons. The number of methoxy groups -OCH3 is 2. The third kappa shape index (κ3) is 3.06. The first kappa shape index (κ1) is 16.2. The van der Waals surface area contributed by atoms with Crippen LogP contribution in [-0.4, -0.2) is 61.0 Å². The maximum Gasteiger partial charge on any atom is 0.326 e. The second kappa shape index (κ2) is 6.47. The summed E-state index contributed by atoms with van der Waals surface area (Å²) < 4.78 is 16.1. The monoisotopic (exact) mass is 321 g/mol. The highest BCUT2D eigenvalue weighted by Crippen LogP contribution is 2.41. The molecular formula is C17H23NO5. The highest BCUT2D eigenvalue weighted by molar-refractivity contribution is 5.82. The Morgan fingerprint density at radius 3 is 2.65 bits per heavy atom. The molecule has 2 fully saturated rings. The Labute approximate surface area is 135 Å². The van der Waals surface area contributed by atoms with E-state index in [0.717, 1.165) is 11.3 Å². The lowest BCUT2D eigenvalue weighted by molar-refractivity contribution is -0.152. The summed E-state index contributed by atoms with van der Waals surface area (Å²) in [6.07, 6.45) is 0.468. The number of hydrogen-bond acceptors (Lipinski definition) is 6. The van der Waals surface area contributed by atoms with Gasteiger partial charge >= 0.3 is 5.97 Å². The number of fused-ring (bicyclic) bond motifs is 1. The first-order valence-electron chi connectivity index (χ1n) is 7.83. The molecular weight excluding hydrogens is 298 g/mol. The predicted molar refractivity (Wildman–Crippen MR) is 83.1 cm³/mol. The van der Waals surface area contributed by atoms with Gasteiger partial charge in [0.15, 0.2) is 0 Å². The minimum Gasteiger partial charge on any atom is -0.497 e. The molecule has 6 heteroatoms. The Balaban J connectivity index is 1.61. The number of carbonyl (C=O) groups excluding carboxylic acids is 1. The van der Waals surface area contributed by atoms with Crippen molar-refractivity contribution in [2.45, 2.75) is 37.2 Å². The molecule has 3 rings (SSSR count). The number of nitrogens with zero attached hydrogens (tertiary/aromatic N) is 1. The molecule has 1 aromatic carbocycles. The van der Waals surface area contributed by atoms with Crippen molar-refractivity contribution in [3.63, 3.8) is 0 Å². The molecule has 0 bridgehead atoms. The Kier molecular flexibility index (Phi) is 4.57. The second-order valence-corrected chi connectivity index (χ2v) is 6.27. The minimum absolute atomic E-state index is 0.0382. The Morgan fingerprint density at radius 1 is 1.26 bits per heavy atom. The lowest BCUT2D eigenvalue weighted by atomic mass is 9.92. The first-order valence-corrected chi connectivity index (χ1v) is 7.83. The molecule has 1 aromatic rings. The Hall–Kier alpha value is -1.63. The molecule has 3 atom stereocenters. The van der Waals surface area contributed by atoms with E-state index in [1.807, 2.05) is 29.2 Å². The van der Waals surface area contributed by atoms with Gasteiger partial charge in [0.1, 0.15) is 11.3 Å². The van der Waals surface area contributed by atoms with E-state index in [-0.39, 0.29) is 12.1 Å². The average molecular weight is 321 g/mol. The summed E-state index contributed by atoms with van der Waals surface area (Å²) in [7, 11) is 3.03. The summed E-state index contributed by atoms with van der Waals surface area (Å²) >= 11 is 0. The number of ether oxygens (including phenoxy) is 3. The summed E-state index contributed by atoms with van der Waals surface area (Å²) in [5.41, 5.74) is 0.337. The van der Waals surface area contributed by atoms with Crippen LogP contribution in [0.2, 0.25) is 0 Å². The van der Waals surface area contributed by atoms with Gasteiger partial charge in [-0.3, -0.25) is 9.69 Å². The quantitative estimate of drug-likeness (QED) is 0.815. The van der Waals surface area contributed by atoms with Gasteiger partial charge in [0.2, 0.25) is 0 Å². The van der Waals surface area contributed by atoms with Crippen LogP contribution in [0.5, 0.6) is 5.75 Å². The molecule has 23 heavy (non-hydrogen) atoms. The van der Waals surface area contributed by atoms with E-state index in [2.05, 4.69) is 0 Å². The summed E-state index contributed by atoms with van der Waals surface area (Å²) in [6, 6.07) is 7.74. The number of aliphatic hydroxyl groups is 1. The molecule has 2 heterocycles. The number of hydrogen-bond donors (Lipinski definition) is 1. The van der Waals surface area contributed by atoms with Gasteiger partial charge < -0.3 is 19.3 Å². The Bertz CT molecular complexity index is 561. The van der Waals surface area contributed by atoms with Gasteiger partial charge in [0.05, 0.1) is 33.0 Å². The van der Waals surface area contributed by atoms with E-state index in [1.54, 1.807) is 7.11 Å². The van der Waals surface area contributed by atoms with Crippen molar-refractivity contribution in [1.29, 1.82) is 0 Å². The molecule has 2 aliphatic rings. The van der Waals surface area contributed by atoms with Crippen molar-refractivity contribution >= 4 is 5.97 Å². The fraction of sp³-hybridized carbons (Fsp3) is 0.588. The third-order valence-electron chi connectivity index (χ3n) is 4.81. The van der Waals surface area contributed by atoms with E-state index in [9.17, 15) is 9.90 Å². The molecule has 1 unspecified atom stereocenters. The van der Waals surface area contributed by atoms with Crippen LogP contribution in [0.15, 0.2) is 24.3 Å². The van der Waals surface area contributed by atoms with Gasteiger partial charge in [-0.25, -0.2) is 0 Å². The van der Waals surface area contributed by atoms with Gasteiger partial charge in [0, 0.05) is 25.9 Å². The SMILES string of the molecule is COC(=O)[C@]12CC(O)CN1C[C@H](OCc1ccc(OC)cc1)C2. The van der Waals surface area contributed by atoms with Gasteiger partial charge in [-0.2, -0.15) is 0 Å². The second-order valence-electron chi connectivity index (χ2n) is 6.27. The average Bonchev–Trinajstić information content (AvgIpc) is 3.05. The summed E-state index contributed by atoms with van der Waals surface area (Å²) in [5.74, 6) is 0.540. The fourth-order valence-electron chi connectivity index (χ4n) is 3.69. The van der Waals surface area contributed by atoms with Crippen molar-refractivity contribution in [2.75, 3.05) is 27.3 Å². The molecule has 0 saturated carbocycles. The fourth-order valence-corrected chi connectivity index (χ4v) is 3.69. The van der Waals surface area contributed by atoms with Gasteiger partial charge in [-0.1, -0.05) is 12.1 Å². The smallest absolute Gasteiger partial charge is 0.326 e. The van der Waals surface area contributed by atoms with Crippen LogP contribution < -0.4 is 4.74 Å². The predicted octanol–water partition coefficient (Wildman–Crippen LogP) is 0.962. The van der Waals surface area contributed by atoms with Crippen molar-refractivity contribution in [3.05, 3.63) is 29.8 Å². The van der Waals surface area contributed by atoms with E-state index in [0.29, 0.717) is 32.5 Å². The number of benzene rings is 1. The topological polar surface area (TPSA) is 68.2 Å². The summed E-state index contributed by atoms with van der Waals surface area (Å²) in [5, 5.41) is 9.89. The van der Waals surface area contributed by atoms with Crippen LogP contribution in [0.3, 0.4) is 0 Å². The van der Waals surface area contributed by atoms with Gasteiger partial charge in [-0.15, -0.1) is 0 Å². The molecule has 0 spiro atoms. The highest BCUT2D eigenvalue weighted by atomic mass is 16.5. The summed E-state index contributed by atoms with van der Waals surface area (Å²) in [6.45, 7) is 1.63. The molecule has 0 aliphatic carbocycles. The maximum atomic E-state index is 12.2. The number of esters is 1. The third-order valence-corrected chi connectivity index (χ3v) is 4.81. The van der Waals surface area contributed by atoms with Crippen molar-refractivity contribution < 1.29 is 24.1 Å². The van der Waals surface area contributed by atoms with Crippen molar-refractivity contribution in [2.24, 2.45) is 0 Å². The molecule has 1 N–H and O–H groups in total. The zero-order chi connectivity index (χ0) is 16.4. The lowest BCUT2D eigenvalue weighted by Crippen LogP contribution is -2.46. The van der Waals surface area contributed by atoms with E-state index in [1.165, 1.54) is 7.11 Å². The maximum absolute atomic E-state index is 12.2. The molecule has 0 radical (unpaired) electrons. The zero-order valence-electron chi connectivity index (χ0n) is 13.5. The van der Waals surface area contributed by atoms with E-state index < -0.39 is 11.6 Å². The number of rotatable bonds is 5. The van der Waals surface area contributed by atoms with Crippen LogP contribution in [0.25, 0.3) is 0 Å². The standard InChI is InChI=1S/C17H23NO5/c1-21-14-5-3-12(4-6-14)11-23-15-8-17(16(20)22-2)7-13(19)9-18(17)10-15/h3-6,13,15,19H,7-11H2,1-2H3/t13?,15-,17-/m1/s1. The number of carbonyl (C=O) groups is 1. The van der Waals surface area contributed by atoms with Crippen LogP contribution in [0.4, 0.5) is 0 Å². The first-order chi connectivity index (χ1) is 11.1. The molecule has 0 aromatic heterocycles.